The molecular weight excluding hydrogens is 382 g/mol. The van der Waals surface area contributed by atoms with Gasteiger partial charge in [0.15, 0.2) is 5.01 Å². The Hall–Kier alpha value is -2.02. The van der Waals surface area contributed by atoms with Crippen LogP contribution in [0.15, 0.2) is 24.4 Å². The van der Waals surface area contributed by atoms with Crippen molar-refractivity contribution in [1.29, 1.82) is 0 Å². The lowest BCUT2D eigenvalue weighted by Crippen LogP contribution is -2.58. The van der Waals surface area contributed by atoms with E-state index in [1.54, 1.807) is 17.5 Å². The van der Waals surface area contributed by atoms with E-state index in [2.05, 4.69) is 25.0 Å². The number of nitrogens with zero attached hydrogens (tertiary/aromatic N) is 5. The Morgan fingerprint density at radius 1 is 0.966 bits per heavy atom. The minimum absolute atomic E-state index is 0.0220. The normalized spacial score (nSPS) is 33.3. The molecule has 152 valence electrons. The molecule has 0 aromatic carbocycles. The smallest absolute Gasteiger partial charge is 0.228 e. The van der Waals surface area contributed by atoms with E-state index >= 15 is 0 Å². The van der Waals surface area contributed by atoms with Crippen LogP contribution in [0.4, 0.5) is 5.13 Å². The van der Waals surface area contributed by atoms with Gasteiger partial charge in [-0.05, 0) is 68.4 Å². The molecule has 5 fully saturated rings. The van der Waals surface area contributed by atoms with Crippen molar-refractivity contribution in [1.82, 2.24) is 20.1 Å². The van der Waals surface area contributed by atoms with E-state index in [9.17, 15) is 4.79 Å². The quantitative estimate of drug-likeness (QED) is 0.777. The Balaban J connectivity index is 1.12. The average Bonchev–Trinajstić information content (AvgIpc) is 3.23. The highest BCUT2D eigenvalue weighted by Gasteiger charge is 2.55. The van der Waals surface area contributed by atoms with E-state index in [-0.39, 0.29) is 5.41 Å². The largest absolute Gasteiger partial charge is 0.343 e. The average molecular weight is 410 g/mol. The molecular formula is C22H27N5OS. The lowest BCUT2D eigenvalue weighted by Gasteiger charge is -2.57. The van der Waals surface area contributed by atoms with Crippen LogP contribution in [0.2, 0.25) is 0 Å². The van der Waals surface area contributed by atoms with Crippen LogP contribution in [0.3, 0.4) is 0 Å². The lowest BCUT2D eigenvalue weighted by atomic mass is 9.49. The van der Waals surface area contributed by atoms with E-state index in [0.717, 1.165) is 79.0 Å². The number of amides is 1. The van der Waals surface area contributed by atoms with Crippen molar-refractivity contribution in [3.63, 3.8) is 0 Å². The number of aromatic nitrogens is 3. The summed E-state index contributed by atoms with van der Waals surface area (Å²) < 4.78 is 0. The van der Waals surface area contributed by atoms with Gasteiger partial charge in [-0.1, -0.05) is 17.4 Å². The Bertz CT molecular complexity index is 870. The molecule has 0 radical (unpaired) electrons. The first-order valence-electron chi connectivity index (χ1n) is 11.0. The molecule has 2 aromatic heterocycles. The Morgan fingerprint density at radius 3 is 2.28 bits per heavy atom. The number of anilines is 1. The fourth-order valence-corrected chi connectivity index (χ4v) is 7.62. The summed E-state index contributed by atoms with van der Waals surface area (Å²) >= 11 is 1.59. The van der Waals surface area contributed by atoms with Crippen LogP contribution in [-0.4, -0.2) is 52.2 Å². The second-order valence-electron chi connectivity index (χ2n) is 9.58. The lowest BCUT2D eigenvalue weighted by molar-refractivity contribution is -0.158. The number of hydrogen-bond donors (Lipinski definition) is 0. The molecule has 2 aromatic rings. The van der Waals surface area contributed by atoms with E-state index in [1.807, 2.05) is 18.2 Å². The van der Waals surface area contributed by atoms with Gasteiger partial charge in [0.05, 0.1) is 5.41 Å². The summed E-state index contributed by atoms with van der Waals surface area (Å²) in [7, 11) is 0. The van der Waals surface area contributed by atoms with Gasteiger partial charge in [-0.2, -0.15) is 0 Å². The predicted octanol–water partition coefficient (Wildman–Crippen LogP) is 3.47. The van der Waals surface area contributed by atoms with E-state index in [1.165, 1.54) is 19.3 Å². The first-order chi connectivity index (χ1) is 14.2. The summed E-state index contributed by atoms with van der Waals surface area (Å²) in [4.78, 5) is 22.4. The highest BCUT2D eigenvalue weighted by atomic mass is 32.1. The number of piperazine rings is 1. The summed E-state index contributed by atoms with van der Waals surface area (Å²) in [5, 5.41) is 10.5. The van der Waals surface area contributed by atoms with Crippen molar-refractivity contribution in [2.75, 3.05) is 31.1 Å². The minimum Gasteiger partial charge on any atom is -0.343 e. The number of pyridine rings is 1. The number of rotatable bonds is 3. The van der Waals surface area contributed by atoms with Crippen molar-refractivity contribution in [2.24, 2.45) is 23.2 Å². The summed E-state index contributed by atoms with van der Waals surface area (Å²) in [6, 6.07) is 5.84. The number of hydrogen-bond acceptors (Lipinski definition) is 6. The number of carbonyl (C=O) groups is 1. The SMILES string of the molecule is O=C(N1CCN(c2nnc(-c3ccccn3)s2)CC1)C12CC3CC(CC(C3)C1)C2. The molecule has 1 aliphatic heterocycles. The van der Waals surface area contributed by atoms with Crippen molar-refractivity contribution < 1.29 is 4.79 Å². The second-order valence-corrected chi connectivity index (χ2v) is 10.5. The molecule has 1 amide bonds. The maximum Gasteiger partial charge on any atom is 0.228 e. The molecule has 3 heterocycles. The molecule has 7 rings (SSSR count). The number of carbonyl (C=O) groups excluding carboxylic acids is 1. The molecule has 0 atom stereocenters. The van der Waals surface area contributed by atoms with Crippen LogP contribution < -0.4 is 4.90 Å². The van der Waals surface area contributed by atoms with Crippen molar-refractivity contribution >= 4 is 22.4 Å². The van der Waals surface area contributed by atoms with Crippen LogP contribution in [0.25, 0.3) is 10.7 Å². The van der Waals surface area contributed by atoms with Crippen molar-refractivity contribution in [3.05, 3.63) is 24.4 Å². The second kappa shape index (κ2) is 6.76. The molecule has 1 saturated heterocycles. The standard InChI is InChI=1S/C22H27N5OS/c28-20(22-12-15-9-16(13-22)11-17(10-15)14-22)26-5-7-27(8-6-26)21-25-24-19(29-21)18-3-1-2-4-23-18/h1-4,15-17H,5-14H2. The summed E-state index contributed by atoms with van der Waals surface area (Å²) in [6.45, 7) is 3.29. The molecule has 0 unspecified atom stereocenters. The molecule has 6 nitrogen and oxygen atoms in total. The fraction of sp³-hybridized carbons (Fsp3) is 0.636. The van der Waals surface area contributed by atoms with Gasteiger partial charge >= 0.3 is 0 Å². The molecule has 4 aliphatic carbocycles. The Morgan fingerprint density at radius 2 is 1.66 bits per heavy atom. The minimum atomic E-state index is -0.0220. The third kappa shape index (κ3) is 3.05. The molecule has 0 spiro atoms. The van der Waals surface area contributed by atoms with Crippen LogP contribution in [0.1, 0.15) is 38.5 Å². The van der Waals surface area contributed by atoms with Gasteiger partial charge < -0.3 is 9.80 Å². The molecule has 4 saturated carbocycles. The van der Waals surface area contributed by atoms with Crippen molar-refractivity contribution in [3.8, 4) is 10.7 Å². The van der Waals surface area contributed by atoms with Gasteiger partial charge in [0.25, 0.3) is 0 Å². The van der Waals surface area contributed by atoms with Crippen LogP contribution >= 0.6 is 11.3 Å². The highest BCUT2D eigenvalue weighted by molar-refractivity contribution is 7.18. The van der Waals surface area contributed by atoms with Crippen LogP contribution in [0.5, 0.6) is 0 Å². The van der Waals surface area contributed by atoms with E-state index in [4.69, 9.17) is 0 Å². The molecule has 4 bridgehead atoms. The van der Waals surface area contributed by atoms with Gasteiger partial charge in [0.1, 0.15) is 5.69 Å². The van der Waals surface area contributed by atoms with Gasteiger partial charge in [0, 0.05) is 32.4 Å². The zero-order chi connectivity index (χ0) is 19.4. The molecule has 7 heteroatoms. The maximum atomic E-state index is 13.6. The first-order valence-corrected chi connectivity index (χ1v) is 11.8. The third-order valence-corrected chi connectivity index (χ3v) is 8.63. The molecule has 29 heavy (non-hydrogen) atoms. The third-order valence-electron chi connectivity index (χ3n) is 7.63. The van der Waals surface area contributed by atoms with Gasteiger partial charge in [-0.15, -0.1) is 10.2 Å². The zero-order valence-corrected chi connectivity index (χ0v) is 17.5. The zero-order valence-electron chi connectivity index (χ0n) is 16.7. The van der Waals surface area contributed by atoms with Crippen molar-refractivity contribution in [2.45, 2.75) is 38.5 Å². The predicted molar refractivity (Wildman–Crippen MR) is 113 cm³/mol. The molecule has 5 aliphatic rings. The van der Waals surface area contributed by atoms with Gasteiger partial charge in [-0.25, -0.2) is 0 Å². The fourth-order valence-electron chi connectivity index (χ4n) is 6.74. The Kier molecular flexibility index (Phi) is 4.15. The summed E-state index contributed by atoms with van der Waals surface area (Å²) in [5.74, 6) is 2.91. The highest BCUT2D eigenvalue weighted by Crippen LogP contribution is 2.60. The summed E-state index contributed by atoms with van der Waals surface area (Å²) in [6.07, 6.45) is 9.40. The van der Waals surface area contributed by atoms with Crippen LogP contribution in [-0.2, 0) is 4.79 Å². The molecule has 0 N–H and O–H groups in total. The van der Waals surface area contributed by atoms with E-state index < -0.39 is 0 Å². The van der Waals surface area contributed by atoms with E-state index in [0.29, 0.717) is 5.91 Å². The van der Waals surface area contributed by atoms with Gasteiger partial charge in [0.2, 0.25) is 11.0 Å². The summed E-state index contributed by atoms with van der Waals surface area (Å²) in [5.41, 5.74) is 0.845. The van der Waals surface area contributed by atoms with Gasteiger partial charge in [-0.3, -0.25) is 9.78 Å². The Labute approximate surface area is 175 Å². The topological polar surface area (TPSA) is 62.2 Å². The maximum absolute atomic E-state index is 13.6. The monoisotopic (exact) mass is 409 g/mol. The van der Waals surface area contributed by atoms with Crippen LogP contribution in [0, 0.1) is 23.2 Å². The first kappa shape index (κ1) is 17.8.